The number of hydrogen-bond acceptors (Lipinski definition) is 5. The van der Waals surface area contributed by atoms with Gasteiger partial charge in [0.05, 0.1) is 0 Å². The first-order valence-electron chi connectivity index (χ1n) is 6.88. The van der Waals surface area contributed by atoms with E-state index in [-0.39, 0.29) is 5.56 Å². The smallest absolute Gasteiger partial charge is 0.293 e. The highest BCUT2D eigenvalue weighted by molar-refractivity contribution is 7.09. The number of aromatic nitrogens is 2. The second kappa shape index (κ2) is 6.19. The number of nitrogens with zero attached hydrogens (tertiary/aromatic N) is 3. The zero-order valence-corrected chi connectivity index (χ0v) is 12.1. The van der Waals surface area contributed by atoms with Crippen molar-refractivity contribution in [2.24, 2.45) is 0 Å². The standard InChI is InChI=1S/C14H18N4OS/c19-14-13(17-8-4-15-5-9-17)16-6-10-18(14)7-3-12-2-1-11-20-12/h1-2,6,10-11,15H,3-5,7-9H2. The maximum Gasteiger partial charge on any atom is 0.293 e. The molecule has 0 amide bonds. The summed E-state index contributed by atoms with van der Waals surface area (Å²) >= 11 is 1.73. The lowest BCUT2D eigenvalue weighted by Gasteiger charge is -2.27. The Bertz CT molecular complexity index is 602. The molecule has 3 rings (SSSR count). The molecule has 2 aromatic rings. The lowest BCUT2D eigenvalue weighted by atomic mass is 10.3. The highest BCUT2D eigenvalue weighted by Crippen LogP contribution is 2.10. The first-order chi connectivity index (χ1) is 9.84. The van der Waals surface area contributed by atoms with Gasteiger partial charge in [-0.25, -0.2) is 4.98 Å². The maximum absolute atomic E-state index is 12.5. The molecule has 1 fully saturated rings. The van der Waals surface area contributed by atoms with Crippen molar-refractivity contribution in [1.82, 2.24) is 14.9 Å². The van der Waals surface area contributed by atoms with Crippen LogP contribution in [0.1, 0.15) is 4.88 Å². The minimum atomic E-state index is 0.0194. The molecular weight excluding hydrogens is 272 g/mol. The Hall–Kier alpha value is -1.66. The van der Waals surface area contributed by atoms with E-state index in [0.29, 0.717) is 12.4 Å². The van der Waals surface area contributed by atoms with Gasteiger partial charge in [0.1, 0.15) is 0 Å². The molecule has 0 saturated carbocycles. The van der Waals surface area contributed by atoms with E-state index in [1.165, 1.54) is 4.88 Å². The van der Waals surface area contributed by atoms with Crippen LogP contribution in [-0.2, 0) is 13.0 Å². The average Bonchev–Trinajstić information content (AvgIpc) is 3.00. The van der Waals surface area contributed by atoms with E-state index in [9.17, 15) is 4.79 Å². The molecule has 0 spiro atoms. The molecule has 3 heterocycles. The molecule has 1 N–H and O–H groups in total. The fourth-order valence-corrected chi connectivity index (χ4v) is 3.09. The molecule has 0 radical (unpaired) electrons. The van der Waals surface area contributed by atoms with Crippen molar-refractivity contribution >= 4 is 17.2 Å². The molecule has 106 valence electrons. The number of rotatable bonds is 4. The topological polar surface area (TPSA) is 50.2 Å². The summed E-state index contributed by atoms with van der Waals surface area (Å²) in [5.74, 6) is 0.583. The molecule has 20 heavy (non-hydrogen) atoms. The van der Waals surface area contributed by atoms with Crippen LogP contribution in [0, 0.1) is 0 Å². The molecule has 0 aliphatic carbocycles. The third kappa shape index (κ3) is 2.91. The minimum Gasteiger partial charge on any atom is -0.349 e. The van der Waals surface area contributed by atoms with Crippen molar-refractivity contribution in [3.8, 4) is 0 Å². The van der Waals surface area contributed by atoms with Gasteiger partial charge < -0.3 is 14.8 Å². The third-order valence-electron chi connectivity index (χ3n) is 3.49. The van der Waals surface area contributed by atoms with Gasteiger partial charge in [0.2, 0.25) is 0 Å². The van der Waals surface area contributed by atoms with Crippen LogP contribution in [0.2, 0.25) is 0 Å². The second-order valence-corrected chi connectivity index (χ2v) is 5.85. The van der Waals surface area contributed by atoms with E-state index in [1.807, 2.05) is 6.07 Å². The Labute approximate surface area is 121 Å². The van der Waals surface area contributed by atoms with E-state index in [4.69, 9.17) is 0 Å². The maximum atomic E-state index is 12.5. The van der Waals surface area contributed by atoms with Gasteiger partial charge in [-0.2, -0.15) is 0 Å². The summed E-state index contributed by atoms with van der Waals surface area (Å²) < 4.78 is 1.77. The van der Waals surface area contributed by atoms with Crippen LogP contribution in [0.3, 0.4) is 0 Å². The summed E-state index contributed by atoms with van der Waals surface area (Å²) in [5.41, 5.74) is 0.0194. The zero-order valence-electron chi connectivity index (χ0n) is 11.3. The molecule has 0 atom stereocenters. The Balaban J connectivity index is 1.76. The van der Waals surface area contributed by atoms with Crippen LogP contribution in [0.25, 0.3) is 0 Å². The Morgan fingerprint density at radius 3 is 2.95 bits per heavy atom. The van der Waals surface area contributed by atoms with Crippen LogP contribution in [-0.4, -0.2) is 35.7 Å². The predicted molar refractivity (Wildman–Crippen MR) is 81.6 cm³/mol. The Morgan fingerprint density at radius 1 is 1.35 bits per heavy atom. The molecule has 1 aliphatic rings. The van der Waals surface area contributed by atoms with E-state index < -0.39 is 0 Å². The van der Waals surface area contributed by atoms with Crippen molar-refractivity contribution in [2.75, 3.05) is 31.1 Å². The Kier molecular flexibility index (Phi) is 4.13. The predicted octanol–water partition coefficient (Wildman–Crippen LogP) is 0.957. The number of piperazine rings is 1. The monoisotopic (exact) mass is 290 g/mol. The quantitative estimate of drug-likeness (QED) is 0.911. The zero-order chi connectivity index (χ0) is 13.8. The van der Waals surface area contributed by atoms with Crippen molar-refractivity contribution in [3.05, 3.63) is 45.1 Å². The van der Waals surface area contributed by atoms with Crippen molar-refractivity contribution in [2.45, 2.75) is 13.0 Å². The fourth-order valence-electron chi connectivity index (χ4n) is 2.39. The van der Waals surface area contributed by atoms with E-state index in [1.54, 1.807) is 28.3 Å². The van der Waals surface area contributed by atoms with Crippen LogP contribution in [0.5, 0.6) is 0 Å². The van der Waals surface area contributed by atoms with E-state index in [2.05, 4.69) is 26.6 Å². The van der Waals surface area contributed by atoms with Crippen molar-refractivity contribution in [1.29, 1.82) is 0 Å². The molecular formula is C14H18N4OS. The van der Waals surface area contributed by atoms with Crippen LogP contribution < -0.4 is 15.8 Å². The number of thiophene rings is 1. The summed E-state index contributed by atoms with van der Waals surface area (Å²) in [6.07, 6.45) is 4.40. The molecule has 2 aromatic heterocycles. The van der Waals surface area contributed by atoms with Crippen molar-refractivity contribution < 1.29 is 0 Å². The first kappa shape index (κ1) is 13.3. The van der Waals surface area contributed by atoms with Gasteiger partial charge in [0, 0.05) is 50.0 Å². The number of nitrogens with one attached hydrogen (secondary N) is 1. The van der Waals surface area contributed by atoms with Gasteiger partial charge in [-0.3, -0.25) is 4.79 Å². The molecule has 1 aliphatic heterocycles. The lowest BCUT2D eigenvalue weighted by molar-refractivity contribution is 0.576. The number of aryl methyl sites for hydroxylation is 2. The van der Waals surface area contributed by atoms with Gasteiger partial charge in [-0.1, -0.05) is 6.07 Å². The van der Waals surface area contributed by atoms with Gasteiger partial charge >= 0.3 is 0 Å². The summed E-state index contributed by atoms with van der Waals surface area (Å²) in [7, 11) is 0. The Morgan fingerprint density at radius 2 is 2.20 bits per heavy atom. The van der Waals surface area contributed by atoms with E-state index in [0.717, 1.165) is 32.6 Å². The molecule has 0 aromatic carbocycles. The first-order valence-corrected chi connectivity index (χ1v) is 7.76. The molecule has 1 saturated heterocycles. The van der Waals surface area contributed by atoms with Crippen LogP contribution in [0.4, 0.5) is 5.82 Å². The van der Waals surface area contributed by atoms with Gasteiger partial charge in [0.15, 0.2) is 5.82 Å². The number of anilines is 1. The average molecular weight is 290 g/mol. The molecule has 0 unspecified atom stereocenters. The highest BCUT2D eigenvalue weighted by atomic mass is 32.1. The summed E-state index contributed by atoms with van der Waals surface area (Å²) in [6, 6.07) is 4.15. The second-order valence-electron chi connectivity index (χ2n) is 4.82. The highest BCUT2D eigenvalue weighted by Gasteiger charge is 2.15. The van der Waals surface area contributed by atoms with Crippen LogP contribution in [0.15, 0.2) is 34.7 Å². The normalized spacial score (nSPS) is 15.5. The fraction of sp³-hybridized carbons (Fsp3) is 0.429. The van der Waals surface area contributed by atoms with Crippen molar-refractivity contribution in [3.63, 3.8) is 0 Å². The summed E-state index contributed by atoms with van der Waals surface area (Å²) in [5, 5.41) is 5.35. The molecule has 0 bridgehead atoms. The SMILES string of the molecule is O=c1c(N2CCNCC2)nccn1CCc1cccs1. The van der Waals surface area contributed by atoms with Crippen LogP contribution >= 0.6 is 11.3 Å². The molecule has 6 heteroatoms. The largest absolute Gasteiger partial charge is 0.349 e. The minimum absolute atomic E-state index is 0.0194. The number of hydrogen-bond donors (Lipinski definition) is 1. The summed E-state index contributed by atoms with van der Waals surface area (Å²) in [4.78, 5) is 20.1. The van der Waals surface area contributed by atoms with Gasteiger partial charge in [-0.15, -0.1) is 11.3 Å². The molecule has 5 nitrogen and oxygen atoms in total. The lowest BCUT2D eigenvalue weighted by Crippen LogP contribution is -2.46. The summed E-state index contributed by atoms with van der Waals surface area (Å²) in [6.45, 7) is 4.21. The van der Waals surface area contributed by atoms with E-state index >= 15 is 0 Å². The third-order valence-corrected chi connectivity index (χ3v) is 4.43. The van der Waals surface area contributed by atoms with Gasteiger partial charge in [0.25, 0.3) is 5.56 Å². The van der Waals surface area contributed by atoms with Gasteiger partial charge in [-0.05, 0) is 17.9 Å².